The maximum absolute atomic E-state index is 14.5. The predicted molar refractivity (Wildman–Crippen MR) is 106 cm³/mol. The molecule has 0 saturated heterocycles. The van der Waals surface area contributed by atoms with Crippen LogP contribution in [0, 0.1) is 5.82 Å². The van der Waals surface area contributed by atoms with E-state index < -0.39 is 36.0 Å². The van der Waals surface area contributed by atoms with Crippen LogP contribution in [0.3, 0.4) is 0 Å². The van der Waals surface area contributed by atoms with E-state index in [2.05, 4.69) is 15.3 Å². The van der Waals surface area contributed by atoms with Crippen LogP contribution in [0.4, 0.5) is 23.7 Å². The largest absolute Gasteiger partial charge is 0.418 e. The van der Waals surface area contributed by atoms with Crippen LogP contribution in [-0.2, 0) is 21.6 Å². The molecule has 1 atom stereocenters. The van der Waals surface area contributed by atoms with E-state index in [1.807, 2.05) is 0 Å². The predicted octanol–water partition coefficient (Wildman–Crippen LogP) is 3.48. The first-order valence-corrected chi connectivity index (χ1v) is 9.25. The Morgan fingerprint density at radius 1 is 1.42 bits per heavy atom. The van der Waals surface area contributed by atoms with E-state index in [1.165, 1.54) is 25.4 Å². The minimum atomic E-state index is -3.11. The molecular formula is C19H18ClF3N4O4. The van der Waals surface area contributed by atoms with Crippen molar-refractivity contribution in [3.05, 3.63) is 52.4 Å². The molecule has 1 aliphatic rings. The van der Waals surface area contributed by atoms with Gasteiger partial charge in [-0.2, -0.15) is 0 Å². The highest BCUT2D eigenvalue weighted by Crippen LogP contribution is 2.38. The summed E-state index contributed by atoms with van der Waals surface area (Å²) in [4.78, 5) is 20.0. The summed E-state index contributed by atoms with van der Waals surface area (Å²) in [5, 5.41) is 2.66. The molecule has 0 spiro atoms. The zero-order chi connectivity index (χ0) is 22.6. The Kier molecular flexibility index (Phi) is 6.98. The number of hydrogen-bond acceptors (Lipinski definition) is 7. The number of carbonyl (C=O) groups is 1. The molecule has 166 valence electrons. The van der Waals surface area contributed by atoms with E-state index >= 15 is 0 Å². The summed E-state index contributed by atoms with van der Waals surface area (Å²) in [6.07, 6.45) is -2.83. The van der Waals surface area contributed by atoms with Crippen LogP contribution in [0.5, 0.6) is 5.88 Å². The van der Waals surface area contributed by atoms with Crippen LogP contribution >= 0.6 is 11.6 Å². The zero-order valence-corrected chi connectivity index (χ0v) is 17.0. The summed E-state index contributed by atoms with van der Waals surface area (Å²) in [6.45, 7) is -0.642. The lowest BCUT2D eigenvalue weighted by Crippen LogP contribution is -2.45. The van der Waals surface area contributed by atoms with Crippen LogP contribution in [0.2, 0.25) is 5.02 Å². The number of ether oxygens (including phenoxy) is 3. The molecule has 3 rings (SSSR count). The summed E-state index contributed by atoms with van der Waals surface area (Å²) >= 11 is 5.87. The van der Waals surface area contributed by atoms with E-state index in [4.69, 9.17) is 31.5 Å². The molecule has 12 heteroatoms. The summed E-state index contributed by atoms with van der Waals surface area (Å²) in [5.41, 5.74) is 3.12. The second kappa shape index (κ2) is 9.50. The number of nitrogens with one attached hydrogen (secondary N) is 1. The molecule has 0 saturated carbocycles. The number of rotatable bonds is 6. The lowest BCUT2D eigenvalue weighted by Gasteiger charge is -2.33. The Morgan fingerprint density at radius 2 is 2.19 bits per heavy atom. The van der Waals surface area contributed by atoms with E-state index in [-0.39, 0.29) is 30.6 Å². The van der Waals surface area contributed by atoms with Gasteiger partial charge in [-0.3, -0.25) is 10.3 Å². The Bertz CT molecular complexity index is 1010. The molecule has 0 bridgehead atoms. The molecular weight excluding hydrogens is 441 g/mol. The average Bonchev–Trinajstić information content (AvgIpc) is 2.71. The molecule has 1 aromatic heterocycles. The van der Waals surface area contributed by atoms with Crippen LogP contribution < -0.4 is 15.8 Å². The smallest absolute Gasteiger partial charge is 0.391 e. The van der Waals surface area contributed by atoms with Crippen molar-refractivity contribution in [2.75, 3.05) is 25.6 Å². The number of halogens is 4. The standard InChI is InChI=1S/C19H18ClF3N4O4/c1-29-7-10-4-11(20)6-25-16(10)31-18(28)26-12-2-3-14(21)13(5-12)19(17(22)23)9-30-8-15(24)27-19/h2-6,17H,7-9H2,1H3,(H2,24,27)(H,26,28)/t19-/m0/s1. The van der Waals surface area contributed by atoms with Crippen molar-refractivity contribution in [1.82, 2.24) is 4.98 Å². The normalized spacial score (nSPS) is 18.6. The molecule has 1 aromatic carbocycles. The number of amidine groups is 1. The molecule has 0 unspecified atom stereocenters. The second-order valence-electron chi connectivity index (χ2n) is 6.58. The van der Waals surface area contributed by atoms with E-state index in [1.54, 1.807) is 0 Å². The third-order valence-corrected chi connectivity index (χ3v) is 4.54. The number of benzene rings is 1. The second-order valence-corrected chi connectivity index (χ2v) is 7.02. The van der Waals surface area contributed by atoms with Gasteiger partial charge in [-0.1, -0.05) is 11.6 Å². The quantitative estimate of drug-likeness (QED) is 0.686. The molecule has 31 heavy (non-hydrogen) atoms. The van der Waals surface area contributed by atoms with Gasteiger partial charge in [-0.25, -0.2) is 22.9 Å². The van der Waals surface area contributed by atoms with E-state index in [0.29, 0.717) is 10.6 Å². The SMILES string of the molecule is COCc1cc(Cl)cnc1OC(=O)Nc1ccc(F)c([C@]2(C(F)F)COCC(N)=N2)c1. The Labute approximate surface area is 180 Å². The maximum Gasteiger partial charge on any atom is 0.418 e. The van der Waals surface area contributed by atoms with Crippen molar-refractivity contribution >= 4 is 29.2 Å². The molecule has 3 N–H and O–H groups in total. The molecule has 2 heterocycles. The highest BCUT2D eigenvalue weighted by molar-refractivity contribution is 6.30. The zero-order valence-electron chi connectivity index (χ0n) is 16.2. The van der Waals surface area contributed by atoms with Crippen molar-refractivity contribution in [2.45, 2.75) is 18.6 Å². The van der Waals surface area contributed by atoms with Crippen molar-refractivity contribution in [1.29, 1.82) is 0 Å². The molecule has 0 aliphatic carbocycles. The highest BCUT2D eigenvalue weighted by Gasteiger charge is 2.46. The number of aromatic nitrogens is 1. The van der Waals surface area contributed by atoms with Gasteiger partial charge in [0.05, 0.1) is 18.2 Å². The lowest BCUT2D eigenvalue weighted by atomic mass is 9.90. The van der Waals surface area contributed by atoms with Gasteiger partial charge in [0.1, 0.15) is 18.3 Å². The number of nitrogens with two attached hydrogens (primary N) is 1. The van der Waals surface area contributed by atoms with Crippen molar-refractivity contribution < 1.29 is 32.2 Å². The number of aliphatic imine (C=N–C) groups is 1. The number of alkyl halides is 2. The Morgan fingerprint density at radius 3 is 2.87 bits per heavy atom. The first-order chi connectivity index (χ1) is 14.7. The third kappa shape index (κ3) is 5.06. The molecule has 0 radical (unpaired) electrons. The molecule has 0 fully saturated rings. The maximum atomic E-state index is 14.5. The van der Waals surface area contributed by atoms with Gasteiger partial charge in [-0.15, -0.1) is 0 Å². The fraction of sp³-hybridized carbons (Fsp3) is 0.316. The number of methoxy groups -OCH3 is 1. The van der Waals surface area contributed by atoms with Gasteiger partial charge in [-0.05, 0) is 24.3 Å². The number of nitrogens with zero attached hydrogens (tertiary/aromatic N) is 2. The summed E-state index contributed by atoms with van der Waals surface area (Å²) in [7, 11) is 1.44. The summed E-state index contributed by atoms with van der Waals surface area (Å²) < 4.78 is 57.5. The van der Waals surface area contributed by atoms with Crippen LogP contribution in [-0.4, -0.2) is 43.7 Å². The Balaban J connectivity index is 1.86. The number of hydrogen-bond donors (Lipinski definition) is 2. The minimum Gasteiger partial charge on any atom is -0.391 e. The Hall–Kier alpha value is -2.89. The van der Waals surface area contributed by atoms with Gasteiger partial charge in [0.2, 0.25) is 5.88 Å². The lowest BCUT2D eigenvalue weighted by molar-refractivity contribution is -0.0145. The van der Waals surface area contributed by atoms with Crippen molar-refractivity contribution in [3.63, 3.8) is 0 Å². The summed E-state index contributed by atoms with van der Waals surface area (Å²) in [6, 6.07) is 4.64. The molecule has 1 amide bonds. The van der Waals surface area contributed by atoms with Crippen LogP contribution in [0.15, 0.2) is 35.5 Å². The van der Waals surface area contributed by atoms with E-state index in [0.717, 1.165) is 12.1 Å². The van der Waals surface area contributed by atoms with Gasteiger partial charge in [0.15, 0.2) is 5.54 Å². The van der Waals surface area contributed by atoms with Gasteiger partial charge in [0, 0.05) is 30.1 Å². The van der Waals surface area contributed by atoms with Crippen LogP contribution in [0.25, 0.3) is 0 Å². The topological polar surface area (TPSA) is 108 Å². The van der Waals surface area contributed by atoms with Gasteiger partial charge >= 0.3 is 6.09 Å². The van der Waals surface area contributed by atoms with Crippen molar-refractivity contribution in [3.8, 4) is 5.88 Å². The summed E-state index contributed by atoms with van der Waals surface area (Å²) in [5.74, 6) is -1.21. The molecule has 1 aliphatic heterocycles. The number of pyridine rings is 1. The average molecular weight is 459 g/mol. The fourth-order valence-electron chi connectivity index (χ4n) is 2.98. The fourth-order valence-corrected chi connectivity index (χ4v) is 3.17. The molecule has 2 aromatic rings. The first-order valence-electron chi connectivity index (χ1n) is 8.87. The number of carbonyl (C=O) groups excluding carboxylic acids is 1. The van der Waals surface area contributed by atoms with Crippen LogP contribution in [0.1, 0.15) is 11.1 Å². The van der Waals surface area contributed by atoms with Gasteiger partial charge < -0.3 is 19.9 Å². The highest BCUT2D eigenvalue weighted by atomic mass is 35.5. The molecule has 8 nitrogen and oxygen atoms in total. The number of amides is 1. The van der Waals surface area contributed by atoms with Crippen molar-refractivity contribution in [2.24, 2.45) is 10.7 Å². The van der Waals surface area contributed by atoms with Gasteiger partial charge in [0.25, 0.3) is 6.43 Å². The monoisotopic (exact) mass is 458 g/mol. The third-order valence-electron chi connectivity index (χ3n) is 4.34. The first kappa shape index (κ1) is 22.8. The van der Waals surface area contributed by atoms with E-state index in [9.17, 15) is 18.0 Å². The minimum absolute atomic E-state index is 0.0111. The number of anilines is 1.